The summed E-state index contributed by atoms with van der Waals surface area (Å²) in [6.45, 7) is 17.7. The van der Waals surface area contributed by atoms with Crippen molar-refractivity contribution in [3.05, 3.63) is 149 Å². The van der Waals surface area contributed by atoms with E-state index >= 15 is 0 Å². The van der Waals surface area contributed by atoms with Gasteiger partial charge < -0.3 is 10.3 Å². The number of imidazole rings is 1. The molecule has 2 aromatic carbocycles. The molecule has 0 aliphatic carbocycles. The van der Waals surface area contributed by atoms with Gasteiger partial charge in [0.2, 0.25) is 0 Å². The number of hydrogen-bond acceptors (Lipinski definition) is 5. The lowest BCUT2D eigenvalue weighted by Crippen LogP contribution is -2.16. The lowest BCUT2D eigenvalue weighted by Gasteiger charge is -2.13. The minimum atomic E-state index is -1.46. The Hall–Kier alpha value is -5.09. The summed E-state index contributed by atoms with van der Waals surface area (Å²) in [5, 5.41) is 11.2. The van der Waals surface area contributed by atoms with Gasteiger partial charge in [0.15, 0.2) is 11.5 Å². The molecule has 0 aliphatic rings. The second-order valence-corrected chi connectivity index (χ2v) is 14.6. The fourth-order valence-electron chi connectivity index (χ4n) is 5.29. The van der Waals surface area contributed by atoms with Crippen LogP contribution in [0.1, 0.15) is 54.5 Å². The molecule has 3 heterocycles. The van der Waals surface area contributed by atoms with Crippen LogP contribution >= 0.6 is 9.39 Å². The second kappa shape index (κ2) is 17.5. The highest BCUT2D eigenvalue weighted by atomic mass is 32.2. The quantitative estimate of drug-likeness (QED) is 0.0690. The summed E-state index contributed by atoms with van der Waals surface area (Å²) >= 11 is 0. The maximum atomic E-state index is 14.9. The number of aromatic amines is 2. The zero-order valence-corrected chi connectivity index (χ0v) is 30.6. The molecule has 0 unspecified atom stereocenters. The zero-order chi connectivity index (χ0) is 36.3. The predicted octanol–water partition coefficient (Wildman–Crippen LogP) is 9.05. The first kappa shape index (κ1) is 37.7. The summed E-state index contributed by atoms with van der Waals surface area (Å²) in [4.78, 5) is 13.4. The minimum Gasteiger partial charge on any atom is -0.340 e. The van der Waals surface area contributed by atoms with E-state index in [0.29, 0.717) is 41.4 Å². The average Bonchev–Trinajstić information content (AvgIpc) is 3.71. The minimum absolute atomic E-state index is 0.340. The number of benzene rings is 2. The van der Waals surface area contributed by atoms with Crippen molar-refractivity contribution in [3.8, 4) is 11.5 Å². The van der Waals surface area contributed by atoms with Crippen molar-refractivity contribution in [3.63, 3.8) is 0 Å². The van der Waals surface area contributed by atoms with Crippen molar-refractivity contribution in [1.82, 2.24) is 35.2 Å². The molecule has 0 radical (unpaired) electrons. The summed E-state index contributed by atoms with van der Waals surface area (Å²) in [6, 6.07) is 19.2. The number of allylic oxidation sites excluding steroid dienone is 5. The number of nitrogens with zero attached hydrogens (tertiary/aromatic N) is 3. The molecule has 5 aromatic rings. The number of nitrogens with one attached hydrogen (secondary N) is 4. The molecule has 0 saturated heterocycles. The highest BCUT2D eigenvalue weighted by Crippen LogP contribution is 2.31. The number of hydrogen-bond donors (Lipinski definition) is 4. The Labute approximate surface area is 296 Å². The van der Waals surface area contributed by atoms with E-state index in [9.17, 15) is 4.39 Å². The van der Waals surface area contributed by atoms with Gasteiger partial charge >= 0.3 is 0 Å². The molecule has 50 heavy (non-hydrogen) atoms. The first-order valence-corrected chi connectivity index (χ1v) is 18.9. The second-order valence-electron chi connectivity index (χ2n) is 11.7. The number of rotatable bonds is 14. The third kappa shape index (κ3) is 9.75. The molecule has 0 atom stereocenters. The summed E-state index contributed by atoms with van der Waals surface area (Å²) in [5.74, 6) is 8.33. The standard InChI is InChI=1S/C39H42FN7S.C2H6/c1-8-14-33(31-20-29(21-32(40)22-31)25-42-48(5,6)7)36-26(4)43-39(45-36)38-37-35(46-47-38)18-17-34(44-37)30(10-3)19-27(9-2)23-41-24-28-15-12-11-13-16-28;1-2/h8-22,41-42H,1-2,5-6,23-25H2,3-4,7H3,(H,43,45)(H,46,47);1-2H3/b27-19+,30-10+,33-14-;. The monoisotopic (exact) mass is 689 g/mol. The molecular formula is C41H48FN7S. The Morgan fingerprint density at radius 3 is 2.42 bits per heavy atom. The number of fused-ring (bicyclic) bond motifs is 1. The predicted molar refractivity (Wildman–Crippen MR) is 216 cm³/mol. The summed E-state index contributed by atoms with van der Waals surface area (Å²) in [6.07, 6.45) is 11.5. The Bertz CT molecular complexity index is 2150. The van der Waals surface area contributed by atoms with E-state index in [1.54, 1.807) is 6.08 Å². The summed E-state index contributed by atoms with van der Waals surface area (Å²) in [7, 11) is -1.46. The Kier molecular flexibility index (Phi) is 13.2. The van der Waals surface area contributed by atoms with Crippen molar-refractivity contribution in [1.29, 1.82) is 0 Å². The Morgan fingerprint density at radius 2 is 1.74 bits per heavy atom. The van der Waals surface area contributed by atoms with E-state index in [1.165, 1.54) is 17.7 Å². The van der Waals surface area contributed by atoms with Gasteiger partial charge in [0.25, 0.3) is 0 Å². The van der Waals surface area contributed by atoms with Crippen LogP contribution in [0.2, 0.25) is 0 Å². The number of aromatic nitrogens is 5. The molecule has 260 valence electrons. The molecule has 5 rings (SSSR count). The van der Waals surface area contributed by atoms with Gasteiger partial charge in [0.05, 0.1) is 16.9 Å². The first-order valence-electron chi connectivity index (χ1n) is 16.6. The normalized spacial score (nSPS) is 12.5. The van der Waals surface area contributed by atoms with Crippen LogP contribution in [0.15, 0.2) is 110 Å². The lowest BCUT2D eigenvalue weighted by molar-refractivity contribution is 0.624. The largest absolute Gasteiger partial charge is 0.340 e. The van der Waals surface area contributed by atoms with E-state index in [1.807, 2.05) is 88.6 Å². The van der Waals surface area contributed by atoms with Gasteiger partial charge in [0, 0.05) is 30.9 Å². The molecule has 0 spiro atoms. The molecular weight excluding hydrogens is 642 g/mol. The van der Waals surface area contributed by atoms with E-state index in [4.69, 9.17) is 9.97 Å². The van der Waals surface area contributed by atoms with Gasteiger partial charge in [-0.15, -0.1) is 0 Å². The van der Waals surface area contributed by atoms with Crippen molar-refractivity contribution >= 4 is 43.3 Å². The summed E-state index contributed by atoms with van der Waals surface area (Å²) in [5.41, 5.74) is 9.77. The van der Waals surface area contributed by atoms with Crippen LogP contribution in [0, 0.1) is 12.7 Å². The van der Waals surface area contributed by atoms with Crippen molar-refractivity contribution in [2.75, 3.05) is 12.8 Å². The summed E-state index contributed by atoms with van der Waals surface area (Å²) < 4.78 is 18.2. The molecule has 4 N–H and O–H groups in total. The molecule has 0 fully saturated rings. The third-order valence-electron chi connectivity index (χ3n) is 7.66. The third-order valence-corrected chi connectivity index (χ3v) is 8.50. The fourth-order valence-corrected chi connectivity index (χ4v) is 5.80. The van der Waals surface area contributed by atoms with Crippen LogP contribution in [0.25, 0.3) is 33.7 Å². The van der Waals surface area contributed by atoms with E-state index in [-0.39, 0.29) is 5.82 Å². The molecule has 7 nitrogen and oxygen atoms in total. The molecule has 0 aliphatic heterocycles. The topological polar surface area (TPSA) is 94.3 Å². The molecule has 0 saturated carbocycles. The van der Waals surface area contributed by atoms with Gasteiger partial charge in [0.1, 0.15) is 11.3 Å². The maximum absolute atomic E-state index is 14.9. The van der Waals surface area contributed by atoms with Gasteiger partial charge in [-0.2, -0.15) is 14.5 Å². The number of halogens is 1. The van der Waals surface area contributed by atoms with Gasteiger partial charge in [-0.1, -0.05) is 93.4 Å². The SMILES string of the molecule is C=C/C=C(/c1cc(F)cc(CNS(=C)(=C)C)c1)c1nc(-c2n[nH]c3ccc(C(/C=C(\C=C)CNCc4ccccc4)=C/C)nc23)[nH]c1C.CC. The van der Waals surface area contributed by atoms with Crippen LogP contribution in [-0.4, -0.2) is 49.7 Å². The van der Waals surface area contributed by atoms with E-state index in [2.05, 4.69) is 68.3 Å². The molecule has 0 bridgehead atoms. The van der Waals surface area contributed by atoms with Crippen molar-refractivity contribution in [2.24, 2.45) is 0 Å². The molecule has 3 aromatic heterocycles. The van der Waals surface area contributed by atoms with Crippen LogP contribution in [0.5, 0.6) is 0 Å². The zero-order valence-electron chi connectivity index (χ0n) is 29.7. The van der Waals surface area contributed by atoms with Crippen molar-refractivity contribution < 1.29 is 4.39 Å². The van der Waals surface area contributed by atoms with Gasteiger partial charge in [-0.05, 0) is 84.3 Å². The maximum Gasteiger partial charge on any atom is 0.161 e. The smallest absolute Gasteiger partial charge is 0.161 e. The first-order chi connectivity index (χ1) is 24.1. The number of pyridine rings is 1. The van der Waals surface area contributed by atoms with Crippen LogP contribution in [0.4, 0.5) is 4.39 Å². The van der Waals surface area contributed by atoms with E-state index < -0.39 is 9.39 Å². The fraction of sp³-hybridized carbons (Fsp3) is 0.195. The lowest BCUT2D eigenvalue weighted by atomic mass is 9.98. The van der Waals surface area contributed by atoms with Gasteiger partial charge in [-0.25, -0.2) is 14.4 Å². The number of aryl methyl sites for hydroxylation is 1. The Morgan fingerprint density at radius 1 is 0.980 bits per heavy atom. The molecule has 9 heteroatoms. The van der Waals surface area contributed by atoms with E-state index in [0.717, 1.165) is 45.7 Å². The highest BCUT2D eigenvalue weighted by Gasteiger charge is 2.20. The highest BCUT2D eigenvalue weighted by molar-refractivity contribution is 8.25. The van der Waals surface area contributed by atoms with Crippen LogP contribution in [0.3, 0.4) is 0 Å². The van der Waals surface area contributed by atoms with Crippen LogP contribution in [-0.2, 0) is 13.1 Å². The van der Waals surface area contributed by atoms with Gasteiger partial charge in [-0.3, -0.25) is 9.82 Å². The van der Waals surface area contributed by atoms with Crippen LogP contribution < -0.4 is 10.0 Å². The van der Waals surface area contributed by atoms with Crippen molar-refractivity contribution in [2.45, 2.75) is 40.8 Å². The Balaban J connectivity index is 0.00000276. The number of H-pyrrole nitrogens is 2. The molecule has 0 amide bonds. The average molecular weight is 690 g/mol.